The lowest BCUT2D eigenvalue weighted by molar-refractivity contribution is -0.137. The molecule has 1 saturated heterocycles. The zero-order valence-corrected chi connectivity index (χ0v) is 23.0. The fraction of sp³-hybridized carbons (Fsp3) is 0.400. The highest BCUT2D eigenvalue weighted by Crippen LogP contribution is 2.35. The van der Waals surface area contributed by atoms with Crippen LogP contribution in [0.2, 0.25) is 5.02 Å². The highest BCUT2D eigenvalue weighted by molar-refractivity contribution is 6.30. The van der Waals surface area contributed by atoms with E-state index in [2.05, 4.69) is 28.9 Å². The number of benzene rings is 2. The highest BCUT2D eigenvalue weighted by atomic mass is 35.5. The first-order chi connectivity index (χ1) is 18.2. The zero-order chi connectivity index (χ0) is 27.2. The van der Waals surface area contributed by atoms with Gasteiger partial charge in [0.1, 0.15) is 6.54 Å². The van der Waals surface area contributed by atoms with Gasteiger partial charge in [0.2, 0.25) is 5.95 Å². The van der Waals surface area contributed by atoms with Crippen molar-refractivity contribution in [2.75, 3.05) is 24.5 Å². The van der Waals surface area contributed by atoms with Gasteiger partial charge in [0.15, 0.2) is 0 Å². The van der Waals surface area contributed by atoms with Crippen LogP contribution in [0.1, 0.15) is 65.5 Å². The SMILES string of the molecule is Cc1ccccc1CCc1nc(N2CCC[C@@H]2c2ccc(Cl)cc2)ncc1C(=O)N(CC(=O)O)CC(C)C. The van der Waals surface area contributed by atoms with Crippen molar-refractivity contribution in [3.63, 3.8) is 0 Å². The first kappa shape index (κ1) is 27.6. The van der Waals surface area contributed by atoms with Crippen LogP contribution in [0.4, 0.5) is 5.95 Å². The summed E-state index contributed by atoms with van der Waals surface area (Å²) < 4.78 is 0. The standard InChI is InChI=1S/C30H35ClN4O3/c1-20(2)18-34(19-28(36)37)29(38)25-17-32-30(33-26(25)15-12-22-8-5-4-7-21(22)3)35-16-6-9-27(35)23-10-13-24(31)14-11-23/h4-5,7-8,10-11,13-14,17,20,27H,6,9,12,15-16,18-19H2,1-3H3,(H,36,37)/t27-/m1/s1. The van der Waals surface area contributed by atoms with Crippen molar-refractivity contribution in [3.8, 4) is 0 Å². The summed E-state index contributed by atoms with van der Waals surface area (Å²) in [6, 6.07) is 16.2. The van der Waals surface area contributed by atoms with Gasteiger partial charge in [0.05, 0.1) is 17.3 Å². The number of nitrogens with zero attached hydrogens (tertiary/aromatic N) is 4. The Kier molecular flexibility index (Phi) is 9.00. The average Bonchev–Trinajstić information content (AvgIpc) is 3.37. The van der Waals surface area contributed by atoms with Crippen molar-refractivity contribution >= 4 is 29.4 Å². The molecule has 1 N–H and O–H groups in total. The molecule has 0 spiro atoms. The van der Waals surface area contributed by atoms with Crippen molar-refractivity contribution in [2.24, 2.45) is 5.92 Å². The maximum absolute atomic E-state index is 13.6. The third-order valence-electron chi connectivity index (χ3n) is 6.94. The van der Waals surface area contributed by atoms with E-state index in [9.17, 15) is 14.7 Å². The number of aromatic nitrogens is 2. The number of halogens is 1. The Morgan fingerprint density at radius 3 is 2.55 bits per heavy atom. The molecule has 1 aromatic heterocycles. The van der Waals surface area contributed by atoms with Crippen LogP contribution in [0.25, 0.3) is 0 Å². The van der Waals surface area contributed by atoms with Gasteiger partial charge in [-0.05, 0) is 67.3 Å². The molecule has 0 bridgehead atoms. The molecule has 2 aromatic carbocycles. The van der Waals surface area contributed by atoms with Gasteiger partial charge >= 0.3 is 5.97 Å². The van der Waals surface area contributed by atoms with Crippen LogP contribution in [-0.2, 0) is 17.6 Å². The maximum Gasteiger partial charge on any atom is 0.323 e. The molecular formula is C30H35ClN4O3. The highest BCUT2D eigenvalue weighted by Gasteiger charge is 2.30. The summed E-state index contributed by atoms with van der Waals surface area (Å²) in [7, 11) is 0. The number of anilines is 1. The largest absolute Gasteiger partial charge is 0.480 e. The number of carboxylic acids is 1. The number of hydrogen-bond donors (Lipinski definition) is 1. The lowest BCUT2D eigenvalue weighted by atomic mass is 10.0. The van der Waals surface area contributed by atoms with Gasteiger partial charge in [-0.2, -0.15) is 0 Å². The molecule has 0 unspecified atom stereocenters. The van der Waals surface area contributed by atoms with E-state index in [0.717, 1.165) is 24.9 Å². The molecule has 1 amide bonds. The van der Waals surface area contributed by atoms with Crippen LogP contribution in [0.3, 0.4) is 0 Å². The summed E-state index contributed by atoms with van der Waals surface area (Å²) in [5.41, 5.74) is 4.54. The van der Waals surface area contributed by atoms with E-state index in [-0.39, 0.29) is 24.4 Å². The van der Waals surface area contributed by atoms with Crippen LogP contribution >= 0.6 is 11.6 Å². The van der Waals surface area contributed by atoms with Crippen LogP contribution in [0.5, 0.6) is 0 Å². The molecule has 0 aliphatic carbocycles. The van der Waals surface area contributed by atoms with E-state index in [4.69, 9.17) is 16.6 Å². The summed E-state index contributed by atoms with van der Waals surface area (Å²) in [5.74, 6) is -0.671. The van der Waals surface area contributed by atoms with Gasteiger partial charge in [-0.1, -0.05) is 61.8 Å². The Labute approximate surface area is 229 Å². The minimum Gasteiger partial charge on any atom is -0.480 e. The fourth-order valence-electron chi connectivity index (χ4n) is 5.09. The second kappa shape index (κ2) is 12.4. The number of carbonyl (C=O) groups is 2. The Morgan fingerprint density at radius 2 is 1.87 bits per heavy atom. The summed E-state index contributed by atoms with van der Waals surface area (Å²) in [6.45, 7) is 6.80. The van der Waals surface area contributed by atoms with Crippen LogP contribution in [0.15, 0.2) is 54.7 Å². The Morgan fingerprint density at radius 1 is 1.13 bits per heavy atom. The quantitative estimate of drug-likeness (QED) is 0.356. The fourth-order valence-corrected chi connectivity index (χ4v) is 5.22. The number of aryl methyl sites for hydroxylation is 3. The summed E-state index contributed by atoms with van der Waals surface area (Å²) >= 11 is 6.11. The monoisotopic (exact) mass is 534 g/mol. The van der Waals surface area contributed by atoms with Crippen molar-refractivity contribution < 1.29 is 14.7 Å². The molecule has 1 atom stereocenters. The average molecular weight is 535 g/mol. The molecule has 0 saturated carbocycles. The Balaban J connectivity index is 1.69. The smallest absolute Gasteiger partial charge is 0.323 e. The number of carbonyl (C=O) groups excluding carboxylic acids is 1. The van der Waals surface area contributed by atoms with Crippen LogP contribution in [0, 0.1) is 12.8 Å². The van der Waals surface area contributed by atoms with Crippen LogP contribution in [-0.4, -0.2) is 51.5 Å². The van der Waals surface area contributed by atoms with Crippen LogP contribution < -0.4 is 4.90 Å². The third-order valence-corrected chi connectivity index (χ3v) is 7.19. The maximum atomic E-state index is 13.6. The lowest BCUT2D eigenvalue weighted by Crippen LogP contribution is -2.39. The molecule has 1 aliphatic rings. The van der Waals surface area contributed by atoms with Crippen molar-refractivity contribution in [3.05, 3.63) is 87.7 Å². The van der Waals surface area contributed by atoms with Gasteiger partial charge in [-0.3, -0.25) is 9.59 Å². The van der Waals surface area contributed by atoms with E-state index >= 15 is 0 Å². The number of hydrogen-bond acceptors (Lipinski definition) is 5. The molecule has 1 fully saturated rings. The zero-order valence-electron chi connectivity index (χ0n) is 22.2. The molecule has 8 heteroatoms. The predicted molar refractivity (Wildman–Crippen MR) is 150 cm³/mol. The number of amides is 1. The summed E-state index contributed by atoms with van der Waals surface area (Å²) in [5, 5.41) is 10.1. The minimum atomic E-state index is -1.04. The van der Waals surface area contributed by atoms with E-state index < -0.39 is 5.97 Å². The number of aliphatic carboxylic acids is 1. The van der Waals surface area contributed by atoms with Crippen molar-refractivity contribution in [1.29, 1.82) is 0 Å². The number of carboxylic acid groups (broad SMARTS) is 1. The van der Waals surface area contributed by atoms with Crippen molar-refractivity contribution in [2.45, 2.75) is 52.5 Å². The summed E-state index contributed by atoms with van der Waals surface area (Å²) in [6.07, 6.45) is 4.84. The van der Waals surface area contributed by atoms with Gasteiger partial charge < -0.3 is 14.9 Å². The molecule has 1 aliphatic heterocycles. The Bertz CT molecular complexity index is 1280. The minimum absolute atomic E-state index is 0.124. The molecule has 7 nitrogen and oxygen atoms in total. The second-order valence-electron chi connectivity index (χ2n) is 10.3. The first-order valence-corrected chi connectivity index (χ1v) is 13.5. The molecule has 3 aromatic rings. The van der Waals surface area contributed by atoms with Gasteiger partial charge in [-0.25, -0.2) is 9.97 Å². The normalized spacial score (nSPS) is 15.2. The predicted octanol–water partition coefficient (Wildman–Crippen LogP) is 5.75. The second-order valence-corrected chi connectivity index (χ2v) is 10.8. The molecule has 4 rings (SSSR count). The topological polar surface area (TPSA) is 86.6 Å². The number of rotatable bonds is 10. The van der Waals surface area contributed by atoms with E-state index in [1.165, 1.54) is 16.0 Å². The van der Waals surface area contributed by atoms with Gasteiger partial charge in [-0.15, -0.1) is 0 Å². The molecular weight excluding hydrogens is 500 g/mol. The summed E-state index contributed by atoms with van der Waals surface area (Å²) in [4.78, 5) is 38.3. The molecule has 2 heterocycles. The Hall–Kier alpha value is -3.45. The third kappa shape index (κ3) is 6.70. The molecule has 200 valence electrons. The first-order valence-electron chi connectivity index (χ1n) is 13.2. The van der Waals surface area contributed by atoms with E-state index in [1.807, 2.05) is 50.2 Å². The van der Waals surface area contributed by atoms with E-state index in [0.29, 0.717) is 41.6 Å². The van der Waals surface area contributed by atoms with Gasteiger partial charge in [0.25, 0.3) is 5.91 Å². The van der Waals surface area contributed by atoms with Gasteiger partial charge in [0, 0.05) is 24.3 Å². The van der Waals surface area contributed by atoms with Crippen molar-refractivity contribution in [1.82, 2.24) is 14.9 Å². The molecule has 0 radical (unpaired) electrons. The van der Waals surface area contributed by atoms with E-state index in [1.54, 1.807) is 6.20 Å². The molecule has 38 heavy (non-hydrogen) atoms. The lowest BCUT2D eigenvalue weighted by Gasteiger charge is -2.27.